The van der Waals surface area contributed by atoms with Crippen molar-refractivity contribution >= 4 is 6.16 Å². The SMILES string of the molecule is CCCCOCC(C)OC(=O)OC(C)COCCCC. The van der Waals surface area contributed by atoms with Crippen LogP contribution in [0.1, 0.15) is 53.4 Å². The number of carbonyl (C=O) groups excluding carboxylic acids is 1. The number of hydrogen-bond donors (Lipinski definition) is 0. The van der Waals surface area contributed by atoms with Gasteiger partial charge in [0, 0.05) is 13.2 Å². The van der Waals surface area contributed by atoms with E-state index in [-0.39, 0.29) is 12.2 Å². The molecule has 0 aromatic carbocycles. The van der Waals surface area contributed by atoms with E-state index in [0.717, 1.165) is 25.7 Å². The quantitative estimate of drug-likeness (QED) is 0.406. The summed E-state index contributed by atoms with van der Waals surface area (Å²) in [4.78, 5) is 11.5. The van der Waals surface area contributed by atoms with Crippen molar-refractivity contribution in [2.24, 2.45) is 0 Å². The Bertz CT molecular complexity index is 210. The zero-order chi connectivity index (χ0) is 15.2. The molecule has 0 aromatic rings. The van der Waals surface area contributed by atoms with Crippen LogP contribution in [0.2, 0.25) is 0 Å². The first-order valence-corrected chi connectivity index (χ1v) is 7.62. The minimum atomic E-state index is -0.664. The molecule has 0 aliphatic rings. The average molecular weight is 290 g/mol. The van der Waals surface area contributed by atoms with Crippen LogP contribution in [0.5, 0.6) is 0 Å². The first-order chi connectivity index (χ1) is 9.60. The molecule has 2 unspecified atom stereocenters. The predicted octanol–water partition coefficient (Wildman–Crippen LogP) is 3.55. The maximum Gasteiger partial charge on any atom is 0.508 e. The minimum Gasteiger partial charge on any atom is -0.429 e. The molecule has 0 saturated heterocycles. The molecule has 5 nitrogen and oxygen atoms in total. The normalized spacial score (nSPS) is 13.8. The van der Waals surface area contributed by atoms with E-state index in [9.17, 15) is 4.79 Å². The molecule has 0 amide bonds. The van der Waals surface area contributed by atoms with Crippen LogP contribution in [-0.2, 0) is 18.9 Å². The van der Waals surface area contributed by atoms with Gasteiger partial charge in [-0.05, 0) is 26.7 Å². The fourth-order valence-electron chi connectivity index (χ4n) is 1.42. The van der Waals surface area contributed by atoms with Gasteiger partial charge in [-0.1, -0.05) is 26.7 Å². The van der Waals surface area contributed by atoms with Gasteiger partial charge in [0.2, 0.25) is 0 Å². The van der Waals surface area contributed by atoms with Crippen molar-refractivity contribution in [3.05, 3.63) is 0 Å². The first kappa shape index (κ1) is 19.2. The van der Waals surface area contributed by atoms with Crippen LogP contribution < -0.4 is 0 Å². The van der Waals surface area contributed by atoms with Gasteiger partial charge in [-0.3, -0.25) is 0 Å². The summed E-state index contributed by atoms with van der Waals surface area (Å²) in [5.41, 5.74) is 0. The molecular formula is C15H30O5. The summed E-state index contributed by atoms with van der Waals surface area (Å²) in [5, 5.41) is 0. The first-order valence-electron chi connectivity index (χ1n) is 7.62. The van der Waals surface area contributed by atoms with Gasteiger partial charge in [0.15, 0.2) is 0 Å². The summed E-state index contributed by atoms with van der Waals surface area (Å²) in [7, 11) is 0. The topological polar surface area (TPSA) is 54.0 Å². The van der Waals surface area contributed by atoms with Crippen LogP contribution in [0.15, 0.2) is 0 Å². The molecule has 0 spiro atoms. The Hall–Kier alpha value is -0.810. The lowest BCUT2D eigenvalue weighted by atomic mass is 10.3. The van der Waals surface area contributed by atoms with Crippen molar-refractivity contribution in [1.82, 2.24) is 0 Å². The van der Waals surface area contributed by atoms with Gasteiger partial charge in [0.25, 0.3) is 0 Å². The van der Waals surface area contributed by atoms with Crippen molar-refractivity contribution in [3.63, 3.8) is 0 Å². The third-order valence-electron chi connectivity index (χ3n) is 2.58. The van der Waals surface area contributed by atoms with Gasteiger partial charge in [-0.2, -0.15) is 0 Å². The molecule has 5 heteroatoms. The second-order valence-corrected chi connectivity index (χ2v) is 4.96. The van der Waals surface area contributed by atoms with E-state index in [1.807, 2.05) is 0 Å². The van der Waals surface area contributed by atoms with Crippen LogP contribution in [0.25, 0.3) is 0 Å². The maximum absolute atomic E-state index is 11.5. The molecule has 0 saturated carbocycles. The number of ether oxygens (including phenoxy) is 4. The van der Waals surface area contributed by atoms with Gasteiger partial charge < -0.3 is 18.9 Å². The molecule has 0 rings (SSSR count). The van der Waals surface area contributed by atoms with Gasteiger partial charge >= 0.3 is 6.16 Å². The molecule has 0 radical (unpaired) electrons. The third kappa shape index (κ3) is 12.2. The molecule has 0 aromatic heterocycles. The van der Waals surface area contributed by atoms with Gasteiger partial charge in [0.1, 0.15) is 12.2 Å². The number of unbranched alkanes of at least 4 members (excludes halogenated alkanes) is 2. The van der Waals surface area contributed by atoms with Crippen LogP contribution >= 0.6 is 0 Å². The third-order valence-corrected chi connectivity index (χ3v) is 2.58. The van der Waals surface area contributed by atoms with Crippen molar-refractivity contribution in [3.8, 4) is 0 Å². The highest BCUT2D eigenvalue weighted by Gasteiger charge is 2.14. The Kier molecular flexibility index (Phi) is 12.7. The minimum absolute atomic E-state index is 0.299. The van der Waals surface area contributed by atoms with E-state index in [0.29, 0.717) is 26.4 Å². The Balaban J connectivity index is 3.59. The monoisotopic (exact) mass is 290 g/mol. The summed E-state index contributed by atoms with van der Waals surface area (Å²) in [6.07, 6.45) is 2.95. The fourth-order valence-corrected chi connectivity index (χ4v) is 1.42. The maximum atomic E-state index is 11.5. The van der Waals surface area contributed by atoms with Crippen LogP contribution in [0.3, 0.4) is 0 Å². The summed E-state index contributed by atoms with van der Waals surface area (Å²) < 4.78 is 20.9. The van der Waals surface area contributed by atoms with E-state index in [4.69, 9.17) is 18.9 Å². The Labute approximate surface area is 122 Å². The molecule has 0 heterocycles. The predicted molar refractivity (Wildman–Crippen MR) is 77.9 cm³/mol. The lowest BCUT2D eigenvalue weighted by molar-refractivity contribution is -0.0393. The number of hydrogen-bond acceptors (Lipinski definition) is 5. The molecule has 0 N–H and O–H groups in total. The number of rotatable bonds is 12. The Morgan fingerprint density at radius 1 is 0.850 bits per heavy atom. The molecule has 20 heavy (non-hydrogen) atoms. The largest absolute Gasteiger partial charge is 0.508 e. The summed E-state index contributed by atoms with van der Waals surface area (Å²) >= 11 is 0. The van der Waals surface area contributed by atoms with Crippen molar-refractivity contribution in [1.29, 1.82) is 0 Å². The summed E-state index contributed by atoms with van der Waals surface area (Å²) in [6.45, 7) is 9.97. The zero-order valence-corrected chi connectivity index (χ0v) is 13.4. The standard InChI is InChI=1S/C15H30O5/c1-5-7-9-17-11-13(3)19-15(16)20-14(4)12-18-10-8-6-2/h13-14H,5-12H2,1-4H3. The summed E-state index contributed by atoms with van der Waals surface area (Å²) in [5.74, 6) is 0. The lowest BCUT2D eigenvalue weighted by Crippen LogP contribution is -2.26. The van der Waals surface area contributed by atoms with Crippen molar-refractivity contribution in [2.75, 3.05) is 26.4 Å². The van der Waals surface area contributed by atoms with E-state index in [2.05, 4.69) is 13.8 Å². The Morgan fingerprint density at radius 3 is 1.60 bits per heavy atom. The average Bonchev–Trinajstić information content (AvgIpc) is 2.39. The number of carbonyl (C=O) groups is 1. The smallest absolute Gasteiger partial charge is 0.429 e. The highest BCUT2D eigenvalue weighted by molar-refractivity contribution is 5.60. The van der Waals surface area contributed by atoms with Crippen LogP contribution in [0.4, 0.5) is 4.79 Å². The van der Waals surface area contributed by atoms with E-state index in [1.54, 1.807) is 13.8 Å². The van der Waals surface area contributed by atoms with Crippen LogP contribution in [0, 0.1) is 0 Å². The molecule has 2 atom stereocenters. The van der Waals surface area contributed by atoms with E-state index in [1.165, 1.54) is 0 Å². The summed E-state index contributed by atoms with van der Waals surface area (Å²) in [6, 6.07) is 0. The van der Waals surface area contributed by atoms with E-state index >= 15 is 0 Å². The molecule has 0 aliphatic carbocycles. The van der Waals surface area contributed by atoms with E-state index < -0.39 is 6.16 Å². The Morgan fingerprint density at radius 2 is 1.25 bits per heavy atom. The highest BCUT2D eigenvalue weighted by Crippen LogP contribution is 2.01. The van der Waals surface area contributed by atoms with Gasteiger partial charge in [-0.25, -0.2) is 4.79 Å². The highest BCUT2D eigenvalue weighted by atomic mass is 16.7. The van der Waals surface area contributed by atoms with Gasteiger partial charge in [-0.15, -0.1) is 0 Å². The zero-order valence-electron chi connectivity index (χ0n) is 13.4. The van der Waals surface area contributed by atoms with Gasteiger partial charge in [0.05, 0.1) is 13.2 Å². The molecule has 0 aliphatic heterocycles. The lowest BCUT2D eigenvalue weighted by Gasteiger charge is -2.16. The molecule has 0 fully saturated rings. The molecular weight excluding hydrogens is 260 g/mol. The molecule has 0 bridgehead atoms. The van der Waals surface area contributed by atoms with Crippen LogP contribution in [-0.4, -0.2) is 44.8 Å². The second-order valence-electron chi connectivity index (χ2n) is 4.96. The van der Waals surface area contributed by atoms with Crippen molar-refractivity contribution in [2.45, 2.75) is 65.6 Å². The van der Waals surface area contributed by atoms with Crippen molar-refractivity contribution < 1.29 is 23.7 Å². The molecule has 120 valence electrons. The fraction of sp³-hybridized carbons (Fsp3) is 0.933. The second kappa shape index (κ2) is 13.2.